The van der Waals surface area contributed by atoms with Gasteiger partial charge < -0.3 is 14.3 Å². The molecule has 0 atom stereocenters. The van der Waals surface area contributed by atoms with E-state index in [0.717, 1.165) is 6.21 Å². The van der Waals surface area contributed by atoms with Crippen LogP contribution in [0.2, 0.25) is 0 Å². The second-order valence-electron chi connectivity index (χ2n) is 3.79. The van der Waals surface area contributed by atoms with Gasteiger partial charge in [-0.2, -0.15) is 5.10 Å². The number of phenols is 1. The lowest BCUT2D eigenvalue weighted by Crippen LogP contribution is -2.19. The Kier molecular flexibility index (Phi) is 3.99. The van der Waals surface area contributed by atoms with Gasteiger partial charge in [-0.1, -0.05) is 0 Å². The van der Waals surface area contributed by atoms with Crippen molar-refractivity contribution in [3.63, 3.8) is 0 Å². The van der Waals surface area contributed by atoms with Crippen molar-refractivity contribution in [2.45, 2.75) is 6.92 Å². The van der Waals surface area contributed by atoms with Crippen LogP contribution < -0.4 is 10.9 Å². The van der Waals surface area contributed by atoms with Crippen molar-refractivity contribution < 1.29 is 19.1 Å². The molecule has 7 nitrogen and oxygen atoms in total. The third kappa shape index (κ3) is 2.94. The summed E-state index contributed by atoms with van der Waals surface area (Å²) in [6.07, 6.45) is 1.65. The average Bonchev–Trinajstić information content (AvgIpc) is 2.41. The molecule has 2 N–H and O–H groups in total. The second kappa shape index (κ2) is 5.87. The van der Waals surface area contributed by atoms with Gasteiger partial charge in [0.25, 0.3) is 0 Å². The number of carbonyl (C=O) groups excluding carboxylic acids is 1. The highest BCUT2D eigenvalue weighted by Gasteiger charge is 2.06. The summed E-state index contributed by atoms with van der Waals surface area (Å²) in [6, 6.07) is 4.18. The van der Waals surface area contributed by atoms with Gasteiger partial charge in [-0.15, -0.1) is 0 Å². The molecule has 0 saturated carbocycles. The molecule has 1 heterocycles. The smallest absolute Gasteiger partial charge is 0.427 e. The highest BCUT2D eigenvalue weighted by atomic mass is 16.5. The molecule has 0 aliphatic carbocycles. The third-order valence-corrected chi connectivity index (χ3v) is 2.42. The number of hydrogen-bond acceptors (Lipinski definition) is 6. The molecule has 0 fully saturated rings. The molecule has 1 amide bonds. The number of benzene rings is 1. The minimum Gasteiger partial charge on any atom is -0.508 e. The summed E-state index contributed by atoms with van der Waals surface area (Å²) in [5.74, 6) is 0.00560. The maximum atomic E-state index is 12.1. The van der Waals surface area contributed by atoms with Crippen molar-refractivity contribution in [2.24, 2.45) is 5.10 Å². The van der Waals surface area contributed by atoms with Crippen molar-refractivity contribution in [2.75, 3.05) is 6.61 Å². The fourth-order valence-electron chi connectivity index (χ4n) is 1.54. The zero-order chi connectivity index (χ0) is 14.5. The number of fused-ring (bicyclic) bond motifs is 1. The van der Waals surface area contributed by atoms with Crippen molar-refractivity contribution >= 4 is 23.3 Å². The highest BCUT2D eigenvalue weighted by Crippen LogP contribution is 2.17. The SMILES string of the molecule is CCOC(=O)N/N=C/c1coc2cc(O)ccc2c1=O. The van der Waals surface area contributed by atoms with Crippen LogP contribution in [0.3, 0.4) is 0 Å². The maximum absolute atomic E-state index is 12.1. The van der Waals surface area contributed by atoms with E-state index in [0.29, 0.717) is 5.39 Å². The van der Waals surface area contributed by atoms with Crippen molar-refractivity contribution in [3.05, 3.63) is 40.2 Å². The molecule has 2 aromatic rings. The van der Waals surface area contributed by atoms with Crippen LogP contribution in [0.4, 0.5) is 4.79 Å². The molecule has 1 aromatic carbocycles. The predicted molar refractivity (Wildman–Crippen MR) is 71.9 cm³/mol. The summed E-state index contributed by atoms with van der Waals surface area (Å²) in [4.78, 5) is 23.1. The monoisotopic (exact) mass is 276 g/mol. The van der Waals surface area contributed by atoms with E-state index >= 15 is 0 Å². The van der Waals surface area contributed by atoms with Crippen molar-refractivity contribution in [3.8, 4) is 5.75 Å². The average molecular weight is 276 g/mol. The van der Waals surface area contributed by atoms with Gasteiger partial charge in [0.1, 0.15) is 17.6 Å². The van der Waals surface area contributed by atoms with Crippen LogP contribution in [0, 0.1) is 0 Å². The fourth-order valence-corrected chi connectivity index (χ4v) is 1.54. The normalized spacial score (nSPS) is 10.8. The van der Waals surface area contributed by atoms with E-state index in [2.05, 4.69) is 15.3 Å². The highest BCUT2D eigenvalue weighted by molar-refractivity contribution is 5.87. The molecule has 0 radical (unpaired) electrons. The summed E-state index contributed by atoms with van der Waals surface area (Å²) in [5, 5.41) is 13.2. The first kappa shape index (κ1) is 13.6. The number of aromatic hydroxyl groups is 1. The first-order chi connectivity index (χ1) is 9.61. The molecule has 0 aliphatic rings. The number of carbonyl (C=O) groups is 1. The van der Waals surface area contributed by atoms with Gasteiger partial charge in [0, 0.05) is 6.07 Å². The Labute approximate surface area is 113 Å². The molecule has 7 heteroatoms. The largest absolute Gasteiger partial charge is 0.508 e. The number of nitrogens with zero attached hydrogens (tertiary/aromatic N) is 1. The van der Waals surface area contributed by atoms with Crippen LogP contribution in [-0.2, 0) is 4.74 Å². The van der Waals surface area contributed by atoms with E-state index in [1.165, 1.54) is 24.5 Å². The van der Waals surface area contributed by atoms with Gasteiger partial charge in [-0.05, 0) is 19.1 Å². The zero-order valence-electron chi connectivity index (χ0n) is 10.6. The van der Waals surface area contributed by atoms with Gasteiger partial charge in [0.05, 0.1) is 23.8 Å². The topological polar surface area (TPSA) is 101 Å². The lowest BCUT2D eigenvalue weighted by molar-refractivity contribution is 0.152. The van der Waals surface area contributed by atoms with Gasteiger partial charge in [0.15, 0.2) is 0 Å². The molecular formula is C13H12N2O5. The standard InChI is InChI=1S/C13H12N2O5/c1-2-19-13(18)15-14-6-8-7-20-11-5-9(16)3-4-10(11)12(8)17/h3-7,16H,2H2,1H3,(H,15,18)/b14-6+. The zero-order valence-corrected chi connectivity index (χ0v) is 10.6. The van der Waals surface area contributed by atoms with E-state index in [1.54, 1.807) is 6.92 Å². The van der Waals surface area contributed by atoms with Crippen LogP contribution in [0.5, 0.6) is 5.75 Å². The Balaban J connectivity index is 2.25. The number of rotatable bonds is 3. The first-order valence-corrected chi connectivity index (χ1v) is 5.82. The van der Waals surface area contributed by atoms with E-state index in [-0.39, 0.29) is 28.9 Å². The lowest BCUT2D eigenvalue weighted by Gasteiger charge is -2.00. The summed E-state index contributed by atoms with van der Waals surface area (Å²) >= 11 is 0. The van der Waals surface area contributed by atoms with E-state index < -0.39 is 6.09 Å². The van der Waals surface area contributed by atoms with E-state index in [4.69, 9.17) is 4.42 Å². The Bertz CT molecular complexity index is 720. The van der Waals surface area contributed by atoms with Gasteiger partial charge in [0.2, 0.25) is 5.43 Å². The molecule has 0 aliphatic heterocycles. The summed E-state index contributed by atoms with van der Waals surface area (Å²) in [7, 11) is 0. The Morgan fingerprint density at radius 3 is 3.10 bits per heavy atom. The number of amides is 1. The number of phenolic OH excluding ortho intramolecular Hbond substituents is 1. The molecule has 20 heavy (non-hydrogen) atoms. The summed E-state index contributed by atoms with van der Waals surface area (Å²) in [6.45, 7) is 1.89. The number of hydrazone groups is 1. The molecule has 0 bridgehead atoms. The molecular weight excluding hydrogens is 264 g/mol. The molecule has 2 rings (SSSR count). The maximum Gasteiger partial charge on any atom is 0.427 e. The van der Waals surface area contributed by atoms with Crippen LogP contribution in [0.1, 0.15) is 12.5 Å². The van der Waals surface area contributed by atoms with Crippen LogP contribution >= 0.6 is 0 Å². The van der Waals surface area contributed by atoms with Crippen molar-refractivity contribution in [1.29, 1.82) is 0 Å². The van der Waals surface area contributed by atoms with Gasteiger partial charge in [-0.25, -0.2) is 10.2 Å². The quantitative estimate of drug-likeness (QED) is 0.654. The van der Waals surface area contributed by atoms with E-state index in [1.807, 2.05) is 0 Å². The van der Waals surface area contributed by atoms with E-state index in [9.17, 15) is 14.7 Å². The first-order valence-electron chi connectivity index (χ1n) is 5.82. The minimum absolute atomic E-state index is 0.00560. The molecule has 0 spiro atoms. The number of hydrogen-bond donors (Lipinski definition) is 2. The van der Waals surface area contributed by atoms with Gasteiger partial charge >= 0.3 is 6.09 Å². The van der Waals surface area contributed by atoms with Crippen molar-refractivity contribution in [1.82, 2.24) is 5.43 Å². The second-order valence-corrected chi connectivity index (χ2v) is 3.79. The summed E-state index contributed by atoms with van der Waals surface area (Å²) < 4.78 is 9.81. The third-order valence-electron chi connectivity index (χ3n) is 2.42. The van der Waals surface area contributed by atoms with Crippen LogP contribution in [-0.4, -0.2) is 24.0 Å². The number of ether oxygens (including phenoxy) is 1. The lowest BCUT2D eigenvalue weighted by atomic mass is 10.2. The minimum atomic E-state index is -0.709. The fraction of sp³-hybridized carbons (Fsp3) is 0.154. The molecule has 0 saturated heterocycles. The molecule has 1 aromatic heterocycles. The Morgan fingerprint density at radius 1 is 1.55 bits per heavy atom. The molecule has 0 unspecified atom stereocenters. The van der Waals surface area contributed by atoms with Gasteiger partial charge in [-0.3, -0.25) is 4.79 Å². The Morgan fingerprint density at radius 2 is 2.35 bits per heavy atom. The van der Waals surface area contributed by atoms with Crippen LogP contribution in [0.15, 0.2) is 38.8 Å². The number of nitrogens with one attached hydrogen (secondary N) is 1. The summed E-state index contributed by atoms with van der Waals surface area (Å²) in [5.41, 5.74) is 2.22. The Hall–Kier alpha value is -2.83. The predicted octanol–water partition coefficient (Wildman–Crippen LogP) is 1.58. The molecule has 104 valence electrons. The van der Waals surface area contributed by atoms with Crippen LogP contribution in [0.25, 0.3) is 11.0 Å².